The number of hydrogen-bond acceptors (Lipinski definition) is 2. The first-order valence-corrected chi connectivity index (χ1v) is 7.46. The van der Waals surface area contributed by atoms with E-state index < -0.39 is 0 Å². The van der Waals surface area contributed by atoms with Gasteiger partial charge in [-0.1, -0.05) is 19.8 Å². The zero-order chi connectivity index (χ0) is 9.52. The zero-order valence-corrected chi connectivity index (χ0v) is 11.1. The molecule has 74 valence electrons. The summed E-state index contributed by atoms with van der Waals surface area (Å²) in [5.74, 6) is 2.49. The van der Waals surface area contributed by atoms with Crippen molar-refractivity contribution in [3.63, 3.8) is 0 Å². The number of thioether (sulfide) groups is 1. The Balaban J connectivity index is 2.06. The van der Waals surface area contributed by atoms with Crippen molar-refractivity contribution in [1.29, 1.82) is 0 Å². The fourth-order valence-electron chi connectivity index (χ4n) is 1.06. The van der Waals surface area contributed by atoms with E-state index in [-0.39, 0.29) is 0 Å². The van der Waals surface area contributed by atoms with E-state index in [0.29, 0.717) is 0 Å². The Morgan fingerprint density at radius 2 is 2.31 bits per heavy atom. The van der Waals surface area contributed by atoms with Gasteiger partial charge in [0.05, 0.1) is 0 Å². The van der Waals surface area contributed by atoms with E-state index in [9.17, 15) is 0 Å². The van der Waals surface area contributed by atoms with Crippen LogP contribution in [0.2, 0.25) is 0 Å². The summed E-state index contributed by atoms with van der Waals surface area (Å²) in [5, 5.41) is 2.15. The van der Waals surface area contributed by atoms with E-state index in [1.165, 1.54) is 40.1 Å². The van der Waals surface area contributed by atoms with Gasteiger partial charge in [0.15, 0.2) is 0 Å². The van der Waals surface area contributed by atoms with Crippen LogP contribution < -0.4 is 0 Å². The summed E-state index contributed by atoms with van der Waals surface area (Å²) < 4.78 is 1.22. The average molecular weight is 279 g/mol. The van der Waals surface area contributed by atoms with Gasteiger partial charge in [0.25, 0.3) is 0 Å². The summed E-state index contributed by atoms with van der Waals surface area (Å²) in [6.07, 6.45) is 4.07. The van der Waals surface area contributed by atoms with E-state index in [1.54, 1.807) is 0 Å². The standard InChI is InChI=1S/C10H15BrS2/c1-2-3-4-5-12-8-10-6-9(11)7-13-10/h6-7H,2-5,8H2,1H3. The molecule has 0 fully saturated rings. The molecule has 0 bridgehead atoms. The summed E-state index contributed by atoms with van der Waals surface area (Å²) in [4.78, 5) is 1.48. The first-order chi connectivity index (χ1) is 6.33. The highest BCUT2D eigenvalue weighted by atomic mass is 79.9. The summed E-state index contributed by atoms with van der Waals surface area (Å²) in [6.45, 7) is 2.25. The lowest BCUT2D eigenvalue weighted by molar-refractivity contribution is 0.778. The lowest BCUT2D eigenvalue weighted by atomic mass is 10.3. The monoisotopic (exact) mass is 278 g/mol. The molecule has 0 spiro atoms. The molecule has 0 saturated heterocycles. The van der Waals surface area contributed by atoms with Gasteiger partial charge in [0.1, 0.15) is 0 Å². The molecule has 0 saturated carbocycles. The highest BCUT2D eigenvalue weighted by Crippen LogP contribution is 2.24. The van der Waals surface area contributed by atoms with Crippen LogP contribution in [0.15, 0.2) is 15.9 Å². The first kappa shape index (κ1) is 11.6. The van der Waals surface area contributed by atoms with Crippen LogP contribution in [0.3, 0.4) is 0 Å². The minimum absolute atomic E-state index is 1.18. The summed E-state index contributed by atoms with van der Waals surface area (Å²) in [5.41, 5.74) is 0. The predicted molar refractivity (Wildman–Crippen MR) is 67.7 cm³/mol. The van der Waals surface area contributed by atoms with E-state index in [4.69, 9.17) is 0 Å². The summed E-state index contributed by atoms with van der Waals surface area (Å²) in [7, 11) is 0. The Morgan fingerprint density at radius 3 is 2.92 bits per heavy atom. The third-order valence-corrected chi connectivity index (χ3v) is 4.73. The lowest BCUT2D eigenvalue weighted by Gasteiger charge is -1.97. The van der Waals surface area contributed by atoms with Crippen molar-refractivity contribution >= 4 is 39.0 Å². The lowest BCUT2D eigenvalue weighted by Crippen LogP contribution is -1.80. The molecule has 0 amide bonds. The Hall–Kier alpha value is 0.530. The highest BCUT2D eigenvalue weighted by molar-refractivity contribution is 9.10. The molecule has 13 heavy (non-hydrogen) atoms. The molecule has 1 heterocycles. The van der Waals surface area contributed by atoms with E-state index in [1.807, 2.05) is 23.1 Å². The second-order valence-corrected chi connectivity index (χ2v) is 6.01. The normalized spacial score (nSPS) is 10.6. The second-order valence-electron chi connectivity index (χ2n) is 2.99. The van der Waals surface area contributed by atoms with Crippen molar-refractivity contribution in [3.05, 3.63) is 20.8 Å². The third-order valence-electron chi connectivity index (χ3n) is 1.76. The van der Waals surface area contributed by atoms with Gasteiger partial charge >= 0.3 is 0 Å². The number of rotatable bonds is 6. The van der Waals surface area contributed by atoms with Gasteiger partial charge in [0.2, 0.25) is 0 Å². The molecule has 0 atom stereocenters. The van der Waals surface area contributed by atoms with Crippen LogP contribution in [0.25, 0.3) is 0 Å². The molecular weight excluding hydrogens is 264 g/mol. The maximum absolute atomic E-state index is 3.47. The van der Waals surface area contributed by atoms with Gasteiger partial charge in [0, 0.05) is 20.5 Å². The predicted octanol–water partition coefficient (Wildman–Crippen LogP) is 4.93. The van der Waals surface area contributed by atoms with Crippen molar-refractivity contribution in [3.8, 4) is 0 Å². The molecule has 0 radical (unpaired) electrons. The molecule has 3 heteroatoms. The quantitative estimate of drug-likeness (QED) is 0.665. The molecule has 0 aliphatic rings. The minimum atomic E-state index is 1.18. The summed E-state index contributed by atoms with van der Waals surface area (Å²) in [6, 6.07) is 2.22. The van der Waals surface area contributed by atoms with Gasteiger partial charge in [-0.2, -0.15) is 11.8 Å². The smallest absolute Gasteiger partial charge is 0.0285 e. The topological polar surface area (TPSA) is 0 Å². The SMILES string of the molecule is CCCCCSCc1cc(Br)cs1. The van der Waals surface area contributed by atoms with E-state index >= 15 is 0 Å². The maximum atomic E-state index is 3.47. The Bertz CT molecular complexity index is 233. The molecule has 1 rings (SSSR count). The molecule has 1 aromatic rings. The van der Waals surface area contributed by atoms with E-state index in [0.717, 1.165) is 0 Å². The van der Waals surface area contributed by atoms with Gasteiger partial charge in [-0.15, -0.1) is 11.3 Å². The third kappa shape index (κ3) is 5.08. The molecular formula is C10H15BrS2. The molecule has 0 N–H and O–H groups in total. The van der Waals surface area contributed by atoms with Gasteiger partial charge in [-0.3, -0.25) is 0 Å². The maximum Gasteiger partial charge on any atom is 0.0285 e. The Kier molecular flexibility index (Phi) is 6.16. The zero-order valence-electron chi connectivity index (χ0n) is 7.88. The molecule has 1 aromatic heterocycles. The van der Waals surface area contributed by atoms with Crippen LogP contribution in [0.5, 0.6) is 0 Å². The first-order valence-electron chi connectivity index (χ1n) is 4.63. The van der Waals surface area contributed by atoms with Gasteiger partial charge < -0.3 is 0 Å². The van der Waals surface area contributed by atoms with Crippen LogP contribution in [-0.2, 0) is 5.75 Å². The molecule has 0 nitrogen and oxygen atoms in total. The molecule has 0 aliphatic heterocycles. The van der Waals surface area contributed by atoms with Crippen molar-refractivity contribution in [1.82, 2.24) is 0 Å². The number of thiophene rings is 1. The highest BCUT2D eigenvalue weighted by Gasteiger charge is 1.97. The van der Waals surface area contributed by atoms with Gasteiger partial charge in [-0.05, 0) is 34.2 Å². The van der Waals surface area contributed by atoms with Crippen molar-refractivity contribution in [2.75, 3.05) is 5.75 Å². The van der Waals surface area contributed by atoms with Crippen LogP contribution >= 0.6 is 39.0 Å². The van der Waals surface area contributed by atoms with Crippen molar-refractivity contribution < 1.29 is 0 Å². The van der Waals surface area contributed by atoms with Crippen LogP contribution in [0.1, 0.15) is 31.1 Å². The van der Waals surface area contributed by atoms with E-state index in [2.05, 4.69) is 34.3 Å². The Morgan fingerprint density at radius 1 is 1.46 bits per heavy atom. The van der Waals surface area contributed by atoms with Crippen molar-refractivity contribution in [2.24, 2.45) is 0 Å². The number of unbranched alkanes of at least 4 members (excludes halogenated alkanes) is 2. The fraction of sp³-hybridized carbons (Fsp3) is 0.600. The van der Waals surface area contributed by atoms with Crippen LogP contribution in [0, 0.1) is 0 Å². The fourth-order valence-corrected chi connectivity index (χ4v) is 3.65. The van der Waals surface area contributed by atoms with Gasteiger partial charge in [-0.25, -0.2) is 0 Å². The van der Waals surface area contributed by atoms with Crippen LogP contribution in [-0.4, -0.2) is 5.75 Å². The number of halogens is 1. The largest absolute Gasteiger partial charge is 0.156 e. The molecule has 0 aliphatic carbocycles. The molecule has 0 aromatic carbocycles. The van der Waals surface area contributed by atoms with Crippen LogP contribution in [0.4, 0.5) is 0 Å². The second kappa shape index (κ2) is 6.91. The van der Waals surface area contributed by atoms with Crippen molar-refractivity contribution in [2.45, 2.75) is 31.9 Å². The Labute approximate surface area is 97.3 Å². The molecule has 0 unspecified atom stereocenters. The average Bonchev–Trinajstić information content (AvgIpc) is 2.51. The minimum Gasteiger partial charge on any atom is -0.156 e. The summed E-state index contributed by atoms with van der Waals surface area (Å²) >= 11 is 7.36. The number of hydrogen-bond donors (Lipinski definition) is 0.